The van der Waals surface area contributed by atoms with Gasteiger partial charge in [-0.2, -0.15) is 5.26 Å². The number of nitrogens with one attached hydrogen (secondary N) is 2. The molecule has 2 heterocycles. The predicted octanol–water partition coefficient (Wildman–Crippen LogP) is 4.42. The van der Waals surface area contributed by atoms with Crippen LogP contribution >= 0.6 is 11.6 Å². The van der Waals surface area contributed by atoms with Crippen molar-refractivity contribution in [3.63, 3.8) is 0 Å². The van der Waals surface area contributed by atoms with Crippen LogP contribution in [-0.2, 0) is 23.3 Å². The third-order valence-electron chi connectivity index (χ3n) is 6.23. The zero-order valence-electron chi connectivity index (χ0n) is 18.7. The highest BCUT2D eigenvalue weighted by atomic mass is 35.5. The van der Waals surface area contributed by atoms with Gasteiger partial charge in [0, 0.05) is 36.9 Å². The maximum atomic E-state index is 13.4. The molecule has 1 aliphatic rings. The van der Waals surface area contributed by atoms with Crippen molar-refractivity contribution in [1.29, 1.82) is 5.26 Å². The lowest BCUT2D eigenvalue weighted by atomic mass is 9.89. The van der Waals surface area contributed by atoms with E-state index >= 15 is 0 Å². The average Bonchev–Trinajstić information content (AvgIpc) is 3.36. The summed E-state index contributed by atoms with van der Waals surface area (Å²) in [6.07, 6.45) is 5.88. The average molecular weight is 462 g/mol. The van der Waals surface area contributed by atoms with Gasteiger partial charge in [0.05, 0.1) is 23.1 Å². The summed E-state index contributed by atoms with van der Waals surface area (Å²) < 4.78 is 0. The summed E-state index contributed by atoms with van der Waals surface area (Å²) in [5.74, 6) is 0.665. The molecule has 2 atom stereocenters. The van der Waals surface area contributed by atoms with Crippen LogP contribution in [0.2, 0.25) is 5.02 Å². The number of rotatable bonds is 7. The summed E-state index contributed by atoms with van der Waals surface area (Å²) >= 11 is 6.14. The van der Waals surface area contributed by atoms with Crippen molar-refractivity contribution < 1.29 is 4.79 Å². The Kier molecular flexibility index (Phi) is 7.12. The number of aromatic nitrogens is 2. The molecule has 33 heavy (non-hydrogen) atoms. The third-order valence-corrected chi connectivity index (χ3v) is 6.47. The molecular formula is C26H28ClN5O. The standard InChI is InChI=1S/C26H28ClN5O/c1-26(25-29-11-12-30-25,15-19-7-9-20(16-28)10-8-19)31-24(33)22-5-3-13-32(18-22)17-21-4-2-6-23(27)14-21/h2,4,6-12,14,22H,3,5,13,15,17-18H2,1H3,(H,29,30)(H,31,33)/t22-,26?/m0/s1. The number of carbonyl (C=O) groups is 1. The van der Waals surface area contributed by atoms with Gasteiger partial charge in [0.2, 0.25) is 5.91 Å². The molecule has 0 radical (unpaired) electrons. The minimum atomic E-state index is -0.691. The van der Waals surface area contributed by atoms with Crippen molar-refractivity contribution >= 4 is 17.5 Å². The van der Waals surface area contributed by atoms with E-state index in [-0.39, 0.29) is 11.8 Å². The highest BCUT2D eigenvalue weighted by molar-refractivity contribution is 6.30. The van der Waals surface area contributed by atoms with Gasteiger partial charge in [-0.05, 0) is 61.7 Å². The van der Waals surface area contributed by atoms with Crippen molar-refractivity contribution in [2.75, 3.05) is 13.1 Å². The molecule has 2 N–H and O–H groups in total. The first-order valence-electron chi connectivity index (χ1n) is 11.2. The molecule has 1 amide bonds. The summed E-state index contributed by atoms with van der Waals surface area (Å²) in [6.45, 7) is 4.46. The number of imidazole rings is 1. The van der Waals surface area contributed by atoms with Gasteiger partial charge in [0.1, 0.15) is 5.82 Å². The number of amides is 1. The number of likely N-dealkylation sites (tertiary alicyclic amines) is 1. The predicted molar refractivity (Wildman–Crippen MR) is 128 cm³/mol. The quantitative estimate of drug-likeness (QED) is 0.545. The van der Waals surface area contributed by atoms with E-state index in [0.29, 0.717) is 24.4 Å². The monoisotopic (exact) mass is 461 g/mol. The molecular weight excluding hydrogens is 434 g/mol. The molecule has 2 aromatic carbocycles. The van der Waals surface area contributed by atoms with Crippen LogP contribution in [0.3, 0.4) is 0 Å². The van der Waals surface area contributed by atoms with E-state index in [1.807, 2.05) is 37.3 Å². The molecule has 0 saturated carbocycles. The van der Waals surface area contributed by atoms with E-state index in [4.69, 9.17) is 16.9 Å². The molecule has 1 aromatic heterocycles. The lowest BCUT2D eigenvalue weighted by Gasteiger charge is -2.35. The van der Waals surface area contributed by atoms with E-state index < -0.39 is 5.54 Å². The van der Waals surface area contributed by atoms with E-state index in [0.717, 1.165) is 42.1 Å². The molecule has 7 heteroatoms. The van der Waals surface area contributed by atoms with E-state index in [2.05, 4.69) is 32.3 Å². The van der Waals surface area contributed by atoms with Crippen LogP contribution in [0.4, 0.5) is 0 Å². The highest BCUT2D eigenvalue weighted by Crippen LogP contribution is 2.26. The summed E-state index contributed by atoms with van der Waals surface area (Å²) in [6, 6.07) is 17.5. The summed E-state index contributed by atoms with van der Waals surface area (Å²) in [5, 5.41) is 13.1. The fourth-order valence-electron chi connectivity index (χ4n) is 4.54. The Bertz CT molecular complexity index is 1120. The number of H-pyrrole nitrogens is 1. The number of hydrogen-bond donors (Lipinski definition) is 2. The number of halogens is 1. The lowest BCUT2D eigenvalue weighted by Crippen LogP contribution is -2.51. The highest BCUT2D eigenvalue weighted by Gasteiger charge is 2.35. The van der Waals surface area contributed by atoms with Gasteiger partial charge in [-0.3, -0.25) is 9.69 Å². The maximum absolute atomic E-state index is 13.4. The van der Waals surface area contributed by atoms with Crippen LogP contribution in [0.5, 0.6) is 0 Å². The maximum Gasteiger partial charge on any atom is 0.225 e. The second-order valence-corrected chi connectivity index (χ2v) is 9.39. The first-order valence-corrected chi connectivity index (χ1v) is 11.6. The Labute approximate surface area is 199 Å². The van der Waals surface area contributed by atoms with Gasteiger partial charge in [0.15, 0.2) is 0 Å². The van der Waals surface area contributed by atoms with Gasteiger partial charge in [0.25, 0.3) is 0 Å². The van der Waals surface area contributed by atoms with Gasteiger partial charge in [-0.15, -0.1) is 0 Å². The zero-order valence-corrected chi connectivity index (χ0v) is 19.5. The van der Waals surface area contributed by atoms with Crippen molar-refractivity contribution in [3.8, 4) is 6.07 Å². The second kappa shape index (κ2) is 10.2. The number of nitriles is 1. The fourth-order valence-corrected chi connectivity index (χ4v) is 4.75. The molecule has 3 aromatic rings. The number of piperidine rings is 1. The van der Waals surface area contributed by atoms with Crippen LogP contribution in [0.1, 0.15) is 42.3 Å². The molecule has 1 unspecified atom stereocenters. The number of hydrogen-bond acceptors (Lipinski definition) is 4. The summed E-state index contributed by atoms with van der Waals surface area (Å²) in [4.78, 5) is 23.4. The Morgan fingerprint density at radius 2 is 2.12 bits per heavy atom. The molecule has 4 rings (SSSR count). The molecule has 1 fully saturated rings. The Morgan fingerprint density at radius 3 is 2.82 bits per heavy atom. The number of carbonyl (C=O) groups excluding carboxylic acids is 1. The van der Waals surface area contributed by atoms with Gasteiger partial charge >= 0.3 is 0 Å². The first kappa shape index (κ1) is 23.0. The lowest BCUT2D eigenvalue weighted by molar-refractivity contribution is -0.128. The molecule has 170 valence electrons. The normalized spacial score (nSPS) is 18.3. The summed E-state index contributed by atoms with van der Waals surface area (Å²) in [7, 11) is 0. The first-order chi connectivity index (χ1) is 15.9. The Balaban J connectivity index is 1.46. The number of aromatic amines is 1. The summed E-state index contributed by atoms with van der Waals surface area (Å²) in [5.41, 5.74) is 2.11. The molecule has 0 bridgehead atoms. The molecule has 0 aliphatic carbocycles. The van der Waals surface area contributed by atoms with Crippen LogP contribution < -0.4 is 5.32 Å². The second-order valence-electron chi connectivity index (χ2n) is 8.95. The third kappa shape index (κ3) is 5.81. The van der Waals surface area contributed by atoms with Crippen LogP contribution in [0.15, 0.2) is 60.9 Å². The van der Waals surface area contributed by atoms with E-state index in [9.17, 15) is 4.79 Å². The molecule has 1 aliphatic heterocycles. The van der Waals surface area contributed by atoms with Crippen molar-refractivity contribution in [3.05, 3.63) is 88.5 Å². The van der Waals surface area contributed by atoms with Crippen LogP contribution in [-0.4, -0.2) is 33.9 Å². The van der Waals surface area contributed by atoms with Crippen molar-refractivity contribution in [1.82, 2.24) is 20.2 Å². The molecule has 0 spiro atoms. The van der Waals surface area contributed by atoms with Crippen molar-refractivity contribution in [2.45, 2.75) is 38.3 Å². The van der Waals surface area contributed by atoms with Crippen LogP contribution in [0, 0.1) is 17.2 Å². The van der Waals surface area contributed by atoms with Gasteiger partial charge in [-0.1, -0.05) is 35.9 Å². The van der Waals surface area contributed by atoms with Crippen LogP contribution in [0.25, 0.3) is 0 Å². The minimum Gasteiger partial charge on any atom is -0.347 e. The number of nitrogens with zero attached hydrogens (tertiary/aromatic N) is 3. The van der Waals surface area contributed by atoms with Gasteiger partial charge < -0.3 is 10.3 Å². The Hall–Kier alpha value is -3.14. The smallest absolute Gasteiger partial charge is 0.225 e. The van der Waals surface area contributed by atoms with E-state index in [1.165, 1.54) is 0 Å². The fraction of sp³-hybridized carbons (Fsp3) is 0.346. The Morgan fingerprint density at radius 1 is 1.30 bits per heavy atom. The number of benzene rings is 2. The molecule has 1 saturated heterocycles. The largest absolute Gasteiger partial charge is 0.347 e. The SMILES string of the molecule is CC(Cc1ccc(C#N)cc1)(NC(=O)[C@H]1CCCN(Cc2cccc(Cl)c2)C1)c1ncc[nH]1. The topological polar surface area (TPSA) is 84.8 Å². The zero-order chi connectivity index (χ0) is 23.3. The van der Waals surface area contributed by atoms with Crippen molar-refractivity contribution in [2.24, 2.45) is 5.92 Å². The van der Waals surface area contributed by atoms with Gasteiger partial charge in [-0.25, -0.2) is 4.98 Å². The van der Waals surface area contributed by atoms with E-state index in [1.54, 1.807) is 24.5 Å². The minimum absolute atomic E-state index is 0.0401. The molecule has 6 nitrogen and oxygen atoms in total.